The molecule has 2 rings (SSSR count). The van der Waals surface area contributed by atoms with Crippen LogP contribution in [-0.4, -0.2) is 29.8 Å². The summed E-state index contributed by atoms with van der Waals surface area (Å²) in [5, 5.41) is 11.8. The lowest BCUT2D eigenvalue weighted by Crippen LogP contribution is -2.50. The molecule has 1 N–H and O–H groups in total. The van der Waals surface area contributed by atoms with Crippen molar-refractivity contribution in [2.75, 3.05) is 6.61 Å². The highest BCUT2D eigenvalue weighted by Gasteiger charge is 2.30. The second kappa shape index (κ2) is 9.16. The van der Waals surface area contributed by atoms with Crippen LogP contribution in [0.4, 0.5) is 0 Å². The Morgan fingerprint density at radius 3 is 2.21 bits per heavy atom. The highest BCUT2D eigenvalue weighted by molar-refractivity contribution is 6.14. The SMILES string of the molecule is Cc1ccc(C(=O)c2ccccc2C(=O)OCC(=O)N[C@@](C)(C#N)C(C)C)cc1. The van der Waals surface area contributed by atoms with Crippen LogP contribution in [0.25, 0.3) is 0 Å². The van der Waals surface area contributed by atoms with E-state index in [0.717, 1.165) is 5.56 Å². The molecule has 0 radical (unpaired) electrons. The van der Waals surface area contributed by atoms with Crippen molar-refractivity contribution in [2.45, 2.75) is 33.2 Å². The second-order valence-corrected chi connectivity index (χ2v) is 7.33. The number of ether oxygens (including phenoxy) is 1. The lowest BCUT2D eigenvalue weighted by atomic mass is 9.90. The number of esters is 1. The van der Waals surface area contributed by atoms with E-state index < -0.39 is 24.0 Å². The zero-order chi connectivity index (χ0) is 21.6. The highest BCUT2D eigenvalue weighted by atomic mass is 16.5. The molecule has 1 amide bonds. The van der Waals surface area contributed by atoms with Crippen molar-refractivity contribution in [1.82, 2.24) is 5.32 Å². The van der Waals surface area contributed by atoms with Crippen LogP contribution in [0.2, 0.25) is 0 Å². The largest absolute Gasteiger partial charge is 0.452 e. The van der Waals surface area contributed by atoms with Crippen LogP contribution in [0, 0.1) is 24.2 Å². The quantitative estimate of drug-likeness (QED) is 0.575. The summed E-state index contributed by atoms with van der Waals surface area (Å²) in [6, 6.07) is 15.4. The first-order valence-electron chi connectivity index (χ1n) is 9.27. The topological polar surface area (TPSA) is 96.3 Å². The molecule has 150 valence electrons. The number of nitrogens with zero attached hydrogens (tertiary/aromatic N) is 1. The van der Waals surface area contributed by atoms with Gasteiger partial charge < -0.3 is 10.1 Å². The Morgan fingerprint density at radius 1 is 1.07 bits per heavy atom. The molecule has 0 saturated heterocycles. The van der Waals surface area contributed by atoms with Crippen LogP contribution in [0.1, 0.15) is 52.6 Å². The van der Waals surface area contributed by atoms with Gasteiger partial charge in [-0.2, -0.15) is 5.26 Å². The molecule has 0 heterocycles. The normalized spacial score (nSPS) is 12.6. The first-order chi connectivity index (χ1) is 13.7. The van der Waals surface area contributed by atoms with Crippen molar-refractivity contribution < 1.29 is 19.1 Å². The van der Waals surface area contributed by atoms with Crippen molar-refractivity contribution >= 4 is 17.7 Å². The number of nitriles is 1. The summed E-state index contributed by atoms with van der Waals surface area (Å²) in [6.07, 6.45) is 0. The number of nitrogens with one attached hydrogen (secondary N) is 1. The van der Waals surface area contributed by atoms with E-state index in [-0.39, 0.29) is 22.8 Å². The smallest absolute Gasteiger partial charge is 0.339 e. The molecular formula is C23H24N2O4. The van der Waals surface area contributed by atoms with Gasteiger partial charge in [-0.05, 0) is 25.8 Å². The number of hydrogen-bond donors (Lipinski definition) is 1. The predicted octanol–water partition coefficient (Wildman–Crippen LogP) is 3.44. The molecule has 0 aliphatic rings. The third-order valence-electron chi connectivity index (χ3n) is 4.83. The van der Waals surface area contributed by atoms with Crippen molar-refractivity contribution in [3.05, 3.63) is 70.8 Å². The third-order valence-corrected chi connectivity index (χ3v) is 4.83. The standard InChI is InChI=1S/C23H24N2O4/c1-15(2)23(4,14-24)25-20(26)13-29-22(28)19-8-6-5-7-18(19)21(27)17-11-9-16(3)10-12-17/h5-12,15H,13H2,1-4H3,(H,25,26)/t23-/m0/s1. The molecule has 0 unspecified atom stereocenters. The van der Waals surface area contributed by atoms with Crippen molar-refractivity contribution in [3.63, 3.8) is 0 Å². The van der Waals surface area contributed by atoms with Gasteiger partial charge in [0.15, 0.2) is 12.4 Å². The van der Waals surface area contributed by atoms with E-state index in [0.29, 0.717) is 5.56 Å². The Kier molecular flexibility index (Phi) is 6.89. The van der Waals surface area contributed by atoms with Crippen LogP contribution in [0.3, 0.4) is 0 Å². The molecule has 2 aromatic rings. The van der Waals surface area contributed by atoms with Crippen LogP contribution in [-0.2, 0) is 9.53 Å². The fraction of sp³-hybridized carbons (Fsp3) is 0.304. The van der Waals surface area contributed by atoms with Gasteiger partial charge in [0.05, 0.1) is 11.6 Å². The van der Waals surface area contributed by atoms with Crippen LogP contribution in [0.5, 0.6) is 0 Å². The highest BCUT2D eigenvalue weighted by Crippen LogP contribution is 2.17. The van der Waals surface area contributed by atoms with Crippen LogP contribution >= 0.6 is 0 Å². The number of ketones is 1. The zero-order valence-corrected chi connectivity index (χ0v) is 17.0. The minimum Gasteiger partial charge on any atom is -0.452 e. The fourth-order valence-electron chi connectivity index (χ4n) is 2.56. The molecule has 0 aromatic heterocycles. The predicted molar refractivity (Wildman–Crippen MR) is 108 cm³/mol. The molecule has 0 fully saturated rings. The second-order valence-electron chi connectivity index (χ2n) is 7.33. The van der Waals surface area contributed by atoms with E-state index in [4.69, 9.17) is 4.74 Å². The molecule has 6 heteroatoms. The van der Waals surface area contributed by atoms with E-state index in [1.54, 1.807) is 37.3 Å². The molecule has 29 heavy (non-hydrogen) atoms. The van der Waals surface area contributed by atoms with Gasteiger partial charge in [-0.1, -0.05) is 61.9 Å². The average molecular weight is 392 g/mol. The summed E-state index contributed by atoms with van der Waals surface area (Å²) < 4.78 is 5.09. The fourth-order valence-corrected chi connectivity index (χ4v) is 2.56. The van der Waals surface area contributed by atoms with Gasteiger partial charge in [-0.25, -0.2) is 4.79 Å². The maximum atomic E-state index is 12.8. The molecular weight excluding hydrogens is 368 g/mol. The first-order valence-corrected chi connectivity index (χ1v) is 9.27. The first kappa shape index (κ1) is 21.8. The van der Waals surface area contributed by atoms with Gasteiger partial charge in [0.2, 0.25) is 0 Å². The summed E-state index contributed by atoms with van der Waals surface area (Å²) >= 11 is 0. The average Bonchev–Trinajstić information content (AvgIpc) is 2.71. The van der Waals surface area contributed by atoms with Gasteiger partial charge in [-0.15, -0.1) is 0 Å². The van der Waals surface area contributed by atoms with Gasteiger partial charge in [0, 0.05) is 11.1 Å². The summed E-state index contributed by atoms with van der Waals surface area (Å²) in [7, 11) is 0. The summed E-state index contributed by atoms with van der Waals surface area (Å²) in [5.41, 5.74) is 0.688. The van der Waals surface area contributed by atoms with Gasteiger partial charge in [0.25, 0.3) is 5.91 Å². The minimum absolute atomic E-state index is 0.0813. The van der Waals surface area contributed by atoms with Crippen LogP contribution < -0.4 is 5.32 Å². The maximum Gasteiger partial charge on any atom is 0.339 e. The monoisotopic (exact) mass is 392 g/mol. The number of hydrogen-bond acceptors (Lipinski definition) is 5. The Labute approximate surface area is 170 Å². The van der Waals surface area contributed by atoms with E-state index >= 15 is 0 Å². The summed E-state index contributed by atoms with van der Waals surface area (Å²) in [5.74, 6) is -1.79. The van der Waals surface area contributed by atoms with E-state index in [9.17, 15) is 19.6 Å². The Bertz CT molecular complexity index is 958. The number of benzene rings is 2. The van der Waals surface area contributed by atoms with Crippen molar-refractivity contribution in [1.29, 1.82) is 5.26 Å². The minimum atomic E-state index is -1.07. The number of carbonyl (C=O) groups excluding carboxylic acids is 3. The number of amides is 1. The maximum absolute atomic E-state index is 12.8. The van der Waals surface area contributed by atoms with E-state index in [1.165, 1.54) is 6.07 Å². The molecule has 2 aromatic carbocycles. The molecule has 0 spiro atoms. The molecule has 0 bridgehead atoms. The number of aryl methyl sites for hydroxylation is 1. The zero-order valence-electron chi connectivity index (χ0n) is 17.0. The van der Waals surface area contributed by atoms with Crippen LogP contribution in [0.15, 0.2) is 48.5 Å². The van der Waals surface area contributed by atoms with Gasteiger partial charge in [0.1, 0.15) is 5.54 Å². The molecule has 0 saturated carbocycles. The molecule has 6 nitrogen and oxygen atoms in total. The molecule has 0 aliphatic heterocycles. The third kappa shape index (κ3) is 5.29. The number of carbonyl (C=O) groups is 3. The van der Waals surface area contributed by atoms with E-state index in [2.05, 4.69) is 11.4 Å². The summed E-state index contributed by atoms with van der Waals surface area (Å²) in [6.45, 7) is 6.59. The van der Waals surface area contributed by atoms with Gasteiger partial charge >= 0.3 is 5.97 Å². The van der Waals surface area contributed by atoms with E-state index in [1.807, 2.05) is 32.9 Å². The summed E-state index contributed by atoms with van der Waals surface area (Å²) in [4.78, 5) is 37.4. The van der Waals surface area contributed by atoms with Crippen molar-refractivity contribution in [3.8, 4) is 6.07 Å². The Balaban J connectivity index is 2.12. The number of rotatable bonds is 7. The van der Waals surface area contributed by atoms with Crippen molar-refractivity contribution in [2.24, 2.45) is 5.92 Å². The molecule has 1 atom stereocenters. The molecule has 0 aliphatic carbocycles. The Hall–Kier alpha value is -3.46. The lowest BCUT2D eigenvalue weighted by Gasteiger charge is -2.27. The Morgan fingerprint density at radius 2 is 1.66 bits per heavy atom. The lowest BCUT2D eigenvalue weighted by molar-refractivity contribution is -0.125. The van der Waals surface area contributed by atoms with Gasteiger partial charge in [-0.3, -0.25) is 9.59 Å².